The van der Waals surface area contributed by atoms with Crippen LogP contribution in [0.3, 0.4) is 0 Å². The summed E-state index contributed by atoms with van der Waals surface area (Å²) in [6.07, 6.45) is 5.44. The van der Waals surface area contributed by atoms with Crippen LogP contribution in [0.1, 0.15) is 23.9 Å². The van der Waals surface area contributed by atoms with Crippen LogP contribution in [0.15, 0.2) is 90.2 Å². The molecule has 2 N–H and O–H groups in total. The zero-order valence-corrected chi connectivity index (χ0v) is 19.5. The highest BCUT2D eigenvalue weighted by atomic mass is 16.3. The van der Waals surface area contributed by atoms with Crippen LogP contribution in [0.25, 0.3) is 10.8 Å². The molecular formula is C28H31N5O. The van der Waals surface area contributed by atoms with E-state index in [0.717, 1.165) is 53.9 Å². The minimum atomic E-state index is 0.250. The van der Waals surface area contributed by atoms with Gasteiger partial charge in [-0.2, -0.15) is 0 Å². The molecule has 2 heterocycles. The van der Waals surface area contributed by atoms with E-state index in [0.29, 0.717) is 6.54 Å². The van der Waals surface area contributed by atoms with Crippen LogP contribution >= 0.6 is 0 Å². The number of benzene rings is 2. The van der Waals surface area contributed by atoms with Crippen molar-refractivity contribution >= 4 is 17.0 Å². The van der Waals surface area contributed by atoms with Crippen LogP contribution in [0.2, 0.25) is 0 Å². The average molecular weight is 454 g/mol. The van der Waals surface area contributed by atoms with E-state index in [1.165, 1.54) is 0 Å². The first-order valence-corrected chi connectivity index (χ1v) is 11.6. The van der Waals surface area contributed by atoms with Gasteiger partial charge >= 0.3 is 0 Å². The Morgan fingerprint density at radius 2 is 1.68 bits per heavy atom. The molecule has 0 saturated carbocycles. The number of phenols is 1. The molecule has 6 nitrogen and oxygen atoms in total. The molecule has 2 aromatic carbocycles. The van der Waals surface area contributed by atoms with Gasteiger partial charge in [-0.25, -0.2) is 0 Å². The van der Waals surface area contributed by atoms with E-state index in [9.17, 15) is 5.11 Å². The molecule has 4 rings (SSSR count). The predicted octanol–water partition coefficient (Wildman–Crippen LogP) is 4.43. The first-order valence-electron chi connectivity index (χ1n) is 11.6. The predicted molar refractivity (Wildman–Crippen MR) is 138 cm³/mol. The van der Waals surface area contributed by atoms with Gasteiger partial charge < -0.3 is 10.4 Å². The van der Waals surface area contributed by atoms with Gasteiger partial charge in [0.05, 0.1) is 17.9 Å². The highest BCUT2D eigenvalue weighted by Gasteiger charge is 2.12. The van der Waals surface area contributed by atoms with Crippen molar-refractivity contribution in [2.75, 3.05) is 19.6 Å². The summed E-state index contributed by atoms with van der Waals surface area (Å²) < 4.78 is 0. The zero-order valence-electron chi connectivity index (χ0n) is 19.5. The van der Waals surface area contributed by atoms with Crippen LogP contribution in [0.4, 0.5) is 0 Å². The van der Waals surface area contributed by atoms with E-state index in [1.807, 2.05) is 73.1 Å². The van der Waals surface area contributed by atoms with Crippen LogP contribution in [-0.4, -0.2) is 51.9 Å². The zero-order chi connectivity index (χ0) is 23.6. The Labute approximate surface area is 201 Å². The molecule has 0 bridgehead atoms. The molecule has 0 fully saturated rings. The number of fused-ring (bicyclic) bond motifs is 1. The molecule has 0 spiro atoms. The highest BCUT2D eigenvalue weighted by Crippen LogP contribution is 2.25. The van der Waals surface area contributed by atoms with E-state index in [1.54, 1.807) is 12.3 Å². The number of aliphatic imine (C=N–C) groups is 1. The number of nitrogens with zero attached hydrogens (tertiary/aromatic N) is 4. The van der Waals surface area contributed by atoms with E-state index in [4.69, 9.17) is 0 Å². The van der Waals surface area contributed by atoms with E-state index >= 15 is 0 Å². The highest BCUT2D eigenvalue weighted by molar-refractivity contribution is 6.02. The fourth-order valence-corrected chi connectivity index (χ4v) is 3.96. The monoisotopic (exact) mass is 453 g/mol. The van der Waals surface area contributed by atoms with Crippen LogP contribution < -0.4 is 5.32 Å². The van der Waals surface area contributed by atoms with Crippen molar-refractivity contribution < 1.29 is 5.11 Å². The SMILES string of the molecule is CC(CN(CCN=Cc1c(O)ccc2ccccc12)Cc1ccccn1)NCc1ccccn1. The summed E-state index contributed by atoms with van der Waals surface area (Å²) in [6.45, 7) is 5.95. The van der Waals surface area contributed by atoms with Crippen molar-refractivity contribution in [3.63, 3.8) is 0 Å². The second-order valence-electron chi connectivity index (χ2n) is 8.41. The van der Waals surface area contributed by atoms with Gasteiger partial charge in [-0.15, -0.1) is 0 Å². The van der Waals surface area contributed by atoms with Crippen molar-refractivity contribution in [1.82, 2.24) is 20.2 Å². The summed E-state index contributed by atoms with van der Waals surface area (Å²) >= 11 is 0. The molecule has 0 aliphatic rings. The fourth-order valence-electron chi connectivity index (χ4n) is 3.96. The maximum absolute atomic E-state index is 10.4. The molecule has 0 aliphatic heterocycles. The first kappa shape index (κ1) is 23.5. The molecule has 174 valence electrons. The molecule has 0 radical (unpaired) electrons. The lowest BCUT2D eigenvalue weighted by Gasteiger charge is -2.25. The summed E-state index contributed by atoms with van der Waals surface area (Å²) in [6, 6.07) is 23.9. The van der Waals surface area contributed by atoms with E-state index in [-0.39, 0.29) is 11.8 Å². The topological polar surface area (TPSA) is 73.6 Å². The molecule has 0 amide bonds. The van der Waals surface area contributed by atoms with Crippen molar-refractivity contribution in [2.45, 2.75) is 26.1 Å². The summed E-state index contributed by atoms with van der Waals surface area (Å²) in [5.41, 5.74) is 2.83. The lowest BCUT2D eigenvalue weighted by Crippen LogP contribution is -2.40. The van der Waals surface area contributed by atoms with Gasteiger partial charge in [-0.1, -0.05) is 42.5 Å². The van der Waals surface area contributed by atoms with Crippen LogP contribution in [0.5, 0.6) is 5.75 Å². The Hall–Kier alpha value is -3.61. The number of phenolic OH excluding ortho intramolecular Hbond substituents is 1. The van der Waals surface area contributed by atoms with Gasteiger partial charge in [0, 0.05) is 56.4 Å². The summed E-state index contributed by atoms with van der Waals surface area (Å²) in [4.78, 5) is 15.9. The number of aromatic hydroxyl groups is 1. The Bertz CT molecular complexity index is 1200. The maximum Gasteiger partial charge on any atom is 0.124 e. The van der Waals surface area contributed by atoms with Gasteiger partial charge in [0.15, 0.2) is 0 Å². The Morgan fingerprint density at radius 3 is 2.44 bits per heavy atom. The number of hydrogen-bond donors (Lipinski definition) is 2. The Balaban J connectivity index is 1.39. The summed E-state index contributed by atoms with van der Waals surface area (Å²) in [5, 5.41) is 16.0. The molecule has 0 aliphatic carbocycles. The number of nitrogens with one attached hydrogen (secondary N) is 1. The third kappa shape index (κ3) is 6.70. The average Bonchev–Trinajstić information content (AvgIpc) is 2.87. The van der Waals surface area contributed by atoms with Crippen molar-refractivity contribution in [1.29, 1.82) is 0 Å². The quantitative estimate of drug-likeness (QED) is 0.329. The smallest absolute Gasteiger partial charge is 0.124 e. The minimum absolute atomic E-state index is 0.250. The molecule has 2 aromatic heterocycles. The van der Waals surface area contributed by atoms with Crippen LogP contribution in [-0.2, 0) is 13.1 Å². The van der Waals surface area contributed by atoms with Gasteiger partial charge in [0.25, 0.3) is 0 Å². The third-order valence-corrected chi connectivity index (χ3v) is 5.71. The third-order valence-electron chi connectivity index (χ3n) is 5.71. The molecule has 34 heavy (non-hydrogen) atoms. The molecule has 0 saturated heterocycles. The second-order valence-corrected chi connectivity index (χ2v) is 8.41. The van der Waals surface area contributed by atoms with Crippen molar-refractivity contribution in [3.8, 4) is 5.75 Å². The molecule has 6 heteroatoms. The number of aromatic nitrogens is 2. The largest absolute Gasteiger partial charge is 0.507 e. The van der Waals surface area contributed by atoms with Gasteiger partial charge in [0.1, 0.15) is 5.75 Å². The van der Waals surface area contributed by atoms with Crippen molar-refractivity contribution in [3.05, 3.63) is 102 Å². The van der Waals surface area contributed by atoms with E-state index < -0.39 is 0 Å². The maximum atomic E-state index is 10.4. The van der Waals surface area contributed by atoms with Crippen LogP contribution in [0, 0.1) is 0 Å². The Morgan fingerprint density at radius 1 is 0.941 bits per heavy atom. The van der Waals surface area contributed by atoms with Gasteiger partial charge in [-0.3, -0.25) is 19.9 Å². The van der Waals surface area contributed by atoms with Crippen molar-refractivity contribution in [2.24, 2.45) is 4.99 Å². The van der Waals surface area contributed by atoms with E-state index in [2.05, 4.69) is 38.2 Å². The Kier molecular flexibility index (Phi) is 8.32. The number of hydrogen-bond acceptors (Lipinski definition) is 6. The lowest BCUT2D eigenvalue weighted by atomic mass is 10.0. The molecule has 1 unspecified atom stereocenters. The number of rotatable bonds is 11. The second kappa shape index (κ2) is 12.0. The fraction of sp³-hybridized carbons (Fsp3) is 0.250. The number of pyridine rings is 2. The minimum Gasteiger partial charge on any atom is -0.507 e. The van der Waals surface area contributed by atoms with Gasteiger partial charge in [0.2, 0.25) is 0 Å². The molecule has 4 aromatic rings. The standard InChI is InChI=1S/C28H31N5O/c1-22(32-18-24-9-4-6-14-30-24)20-33(21-25-10-5-7-15-31-25)17-16-29-19-27-26-11-3-2-8-23(26)12-13-28(27)34/h2-15,19,22,32,34H,16-18,20-21H2,1H3. The lowest BCUT2D eigenvalue weighted by molar-refractivity contribution is 0.242. The first-order chi connectivity index (χ1) is 16.7. The molecular weight excluding hydrogens is 422 g/mol. The van der Waals surface area contributed by atoms with Gasteiger partial charge in [-0.05, 0) is 48.0 Å². The summed E-state index contributed by atoms with van der Waals surface area (Å²) in [5.74, 6) is 0.250. The summed E-state index contributed by atoms with van der Waals surface area (Å²) in [7, 11) is 0. The normalized spacial score (nSPS) is 12.5. The molecule has 1 atom stereocenters.